The lowest BCUT2D eigenvalue weighted by molar-refractivity contribution is 0.236. The Bertz CT molecular complexity index is 581. The van der Waals surface area contributed by atoms with Gasteiger partial charge >= 0.3 is 0 Å². The Morgan fingerprint density at radius 1 is 1.00 bits per heavy atom. The molecule has 0 spiro atoms. The highest BCUT2D eigenvalue weighted by atomic mass is 28.3. The highest BCUT2D eigenvalue weighted by molar-refractivity contribution is 6.87. The van der Waals surface area contributed by atoms with E-state index in [0.717, 1.165) is 0 Å². The summed E-state index contributed by atoms with van der Waals surface area (Å²) in [4.78, 5) is 0. The SMILES string of the molecule is COc1cc(C(O)C#C[Si](C)(C)C(C)(C)C)cc(OC)c1OC. The molecule has 0 fully saturated rings. The van der Waals surface area contributed by atoms with Crippen molar-refractivity contribution in [2.45, 2.75) is 45.0 Å². The first-order valence-electron chi connectivity index (χ1n) is 7.58. The zero-order valence-corrected chi connectivity index (χ0v) is 16.4. The summed E-state index contributed by atoms with van der Waals surface area (Å²) in [5.74, 6) is 4.52. The minimum absolute atomic E-state index is 0.148. The topological polar surface area (TPSA) is 47.9 Å². The van der Waals surface area contributed by atoms with Crippen LogP contribution in [0.25, 0.3) is 0 Å². The lowest BCUT2D eigenvalue weighted by Gasteiger charge is -2.31. The molecule has 1 atom stereocenters. The van der Waals surface area contributed by atoms with E-state index in [1.165, 1.54) is 0 Å². The summed E-state index contributed by atoms with van der Waals surface area (Å²) in [5.41, 5.74) is 3.96. The molecule has 128 valence electrons. The number of ether oxygens (including phenoxy) is 3. The molecule has 5 heteroatoms. The van der Waals surface area contributed by atoms with Crippen molar-refractivity contribution in [3.8, 4) is 28.7 Å². The third-order valence-corrected chi connectivity index (χ3v) is 8.92. The van der Waals surface area contributed by atoms with Gasteiger partial charge in [0, 0.05) is 5.56 Å². The van der Waals surface area contributed by atoms with E-state index in [0.29, 0.717) is 22.8 Å². The van der Waals surface area contributed by atoms with E-state index in [9.17, 15) is 5.11 Å². The molecule has 1 rings (SSSR count). The molecule has 1 aromatic carbocycles. The van der Waals surface area contributed by atoms with Crippen molar-refractivity contribution in [1.29, 1.82) is 0 Å². The molecule has 0 aliphatic heterocycles. The van der Waals surface area contributed by atoms with Crippen LogP contribution in [0.3, 0.4) is 0 Å². The van der Waals surface area contributed by atoms with Gasteiger partial charge in [-0.3, -0.25) is 0 Å². The Labute approximate surface area is 140 Å². The predicted molar refractivity (Wildman–Crippen MR) is 96.0 cm³/mol. The first-order valence-corrected chi connectivity index (χ1v) is 10.6. The summed E-state index contributed by atoms with van der Waals surface area (Å²) in [6.45, 7) is 11.0. The van der Waals surface area contributed by atoms with Gasteiger partial charge in [-0.2, -0.15) is 0 Å². The van der Waals surface area contributed by atoms with Crippen LogP contribution in [0, 0.1) is 11.5 Å². The number of aliphatic hydroxyl groups excluding tert-OH is 1. The fourth-order valence-electron chi connectivity index (χ4n) is 1.78. The van der Waals surface area contributed by atoms with Gasteiger partial charge in [-0.15, -0.1) is 5.54 Å². The zero-order valence-electron chi connectivity index (χ0n) is 15.4. The van der Waals surface area contributed by atoms with Crippen molar-refractivity contribution >= 4 is 8.07 Å². The second-order valence-corrected chi connectivity index (χ2v) is 12.0. The monoisotopic (exact) mass is 336 g/mol. The summed E-state index contributed by atoms with van der Waals surface area (Å²) >= 11 is 0. The van der Waals surface area contributed by atoms with Crippen molar-refractivity contribution in [3.63, 3.8) is 0 Å². The molecule has 0 saturated carbocycles. The van der Waals surface area contributed by atoms with Gasteiger partial charge in [-0.1, -0.05) is 39.8 Å². The third-order valence-electron chi connectivity index (χ3n) is 4.40. The van der Waals surface area contributed by atoms with E-state index >= 15 is 0 Å². The van der Waals surface area contributed by atoms with Crippen LogP contribution in [0.4, 0.5) is 0 Å². The molecule has 0 heterocycles. The minimum atomic E-state index is -1.77. The number of benzene rings is 1. The van der Waals surface area contributed by atoms with Crippen LogP contribution in [0.1, 0.15) is 32.4 Å². The molecular formula is C18H28O4Si. The molecule has 0 aliphatic rings. The average molecular weight is 337 g/mol. The fraction of sp³-hybridized carbons (Fsp3) is 0.556. The van der Waals surface area contributed by atoms with E-state index < -0.39 is 14.2 Å². The van der Waals surface area contributed by atoms with Crippen molar-refractivity contribution in [1.82, 2.24) is 0 Å². The number of aliphatic hydroxyl groups is 1. The lowest BCUT2D eigenvalue weighted by atomic mass is 10.1. The molecule has 4 nitrogen and oxygen atoms in total. The minimum Gasteiger partial charge on any atom is -0.493 e. The number of methoxy groups -OCH3 is 3. The van der Waals surface area contributed by atoms with Gasteiger partial charge < -0.3 is 19.3 Å². The lowest BCUT2D eigenvalue weighted by Crippen LogP contribution is -2.35. The van der Waals surface area contributed by atoms with Gasteiger partial charge in [0.25, 0.3) is 0 Å². The molecule has 1 N–H and O–H groups in total. The second kappa shape index (κ2) is 7.29. The average Bonchev–Trinajstić information content (AvgIpc) is 2.49. The highest BCUT2D eigenvalue weighted by Crippen LogP contribution is 2.40. The Kier molecular flexibility index (Phi) is 6.15. The third kappa shape index (κ3) is 4.43. The summed E-state index contributed by atoms with van der Waals surface area (Å²) < 4.78 is 15.9. The molecule has 0 saturated heterocycles. The summed E-state index contributed by atoms with van der Waals surface area (Å²) in [6, 6.07) is 3.46. The molecule has 1 unspecified atom stereocenters. The molecule has 23 heavy (non-hydrogen) atoms. The normalized spacial score (nSPS) is 12.9. The molecule has 0 aliphatic carbocycles. The van der Waals surface area contributed by atoms with Crippen LogP contribution < -0.4 is 14.2 Å². The van der Waals surface area contributed by atoms with E-state index in [1.807, 2.05) is 0 Å². The smallest absolute Gasteiger partial charge is 0.203 e. The number of hydrogen-bond donors (Lipinski definition) is 1. The maximum atomic E-state index is 10.4. The Morgan fingerprint density at radius 2 is 1.48 bits per heavy atom. The van der Waals surface area contributed by atoms with Crippen molar-refractivity contribution in [2.75, 3.05) is 21.3 Å². The van der Waals surface area contributed by atoms with Crippen LogP contribution in [-0.2, 0) is 0 Å². The molecule has 0 radical (unpaired) electrons. The van der Waals surface area contributed by atoms with Crippen molar-refractivity contribution in [3.05, 3.63) is 17.7 Å². The summed E-state index contributed by atoms with van der Waals surface area (Å²) in [5, 5.41) is 10.6. The maximum Gasteiger partial charge on any atom is 0.203 e. The van der Waals surface area contributed by atoms with E-state index in [2.05, 4.69) is 45.3 Å². The maximum absolute atomic E-state index is 10.4. The van der Waals surface area contributed by atoms with E-state index in [-0.39, 0.29) is 5.04 Å². The largest absolute Gasteiger partial charge is 0.493 e. The standard InChI is InChI=1S/C18H28O4Si/c1-18(2,3)23(7,8)10-9-14(19)13-11-15(20-4)17(22-6)16(12-13)21-5/h11-12,14,19H,1-8H3. The summed E-state index contributed by atoms with van der Waals surface area (Å²) in [6.07, 6.45) is -0.891. The van der Waals surface area contributed by atoms with Gasteiger partial charge in [0.1, 0.15) is 14.2 Å². The molecular weight excluding hydrogens is 308 g/mol. The first kappa shape index (κ1) is 19.4. The molecule has 0 amide bonds. The van der Waals surface area contributed by atoms with Gasteiger partial charge in [0.2, 0.25) is 5.75 Å². The zero-order chi connectivity index (χ0) is 17.8. The van der Waals surface area contributed by atoms with Gasteiger partial charge in [0.05, 0.1) is 21.3 Å². The highest BCUT2D eigenvalue weighted by Gasteiger charge is 2.33. The van der Waals surface area contributed by atoms with Gasteiger partial charge in [0.15, 0.2) is 11.5 Å². The van der Waals surface area contributed by atoms with Crippen LogP contribution in [0.15, 0.2) is 12.1 Å². The van der Waals surface area contributed by atoms with E-state index in [1.54, 1.807) is 33.5 Å². The fourth-order valence-corrected chi connectivity index (χ4v) is 2.65. The van der Waals surface area contributed by atoms with E-state index in [4.69, 9.17) is 14.2 Å². The molecule has 0 aromatic heterocycles. The number of rotatable bonds is 4. The van der Waals surface area contributed by atoms with Crippen LogP contribution in [-0.4, -0.2) is 34.5 Å². The van der Waals surface area contributed by atoms with Crippen LogP contribution >= 0.6 is 0 Å². The van der Waals surface area contributed by atoms with Crippen LogP contribution in [0.5, 0.6) is 17.2 Å². The molecule has 0 bridgehead atoms. The Hall–Kier alpha value is -1.64. The van der Waals surface area contributed by atoms with Crippen molar-refractivity contribution < 1.29 is 19.3 Å². The van der Waals surface area contributed by atoms with Gasteiger partial charge in [-0.25, -0.2) is 0 Å². The first-order chi connectivity index (χ1) is 10.6. The molecule has 1 aromatic rings. The second-order valence-electron chi connectivity index (χ2n) is 7.01. The summed E-state index contributed by atoms with van der Waals surface area (Å²) in [7, 11) is 2.88. The number of hydrogen-bond acceptors (Lipinski definition) is 4. The van der Waals surface area contributed by atoms with Gasteiger partial charge in [-0.05, 0) is 17.2 Å². The quantitative estimate of drug-likeness (QED) is 0.671. The Balaban J connectivity index is 3.23. The predicted octanol–water partition coefficient (Wildman–Crippen LogP) is 3.80. The van der Waals surface area contributed by atoms with Crippen LogP contribution in [0.2, 0.25) is 18.1 Å². The van der Waals surface area contributed by atoms with Crippen molar-refractivity contribution in [2.24, 2.45) is 0 Å². The Morgan fingerprint density at radius 3 is 1.83 bits per heavy atom.